The fourth-order valence-electron chi connectivity index (χ4n) is 1.84. The molecule has 3 heteroatoms. The number of phenolic OH excluding ortho intramolecular Hbond substituents is 1. The van der Waals surface area contributed by atoms with E-state index in [0.717, 1.165) is 5.57 Å². The standard InChI is InChI=1S/C14H10O3/c15-10-5-6-11-12(16)8-13(17-14(11)7-10)9-3-1-2-4-9/h1-8,15-16H. The van der Waals surface area contributed by atoms with Gasteiger partial charge >= 0.3 is 0 Å². The van der Waals surface area contributed by atoms with E-state index < -0.39 is 0 Å². The third-order valence-electron chi connectivity index (χ3n) is 2.68. The van der Waals surface area contributed by atoms with E-state index in [9.17, 15) is 10.2 Å². The largest absolute Gasteiger partial charge is 0.508 e. The first-order chi connectivity index (χ1) is 8.24. The van der Waals surface area contributed by atoms with Crippen LogP contribution in [0.5, 0.6) is 11.5 Å². The van der Waals surface area contributed by atoms with E-state index in [-0.39, 0.29) is 11.5 Å². The minimum Gasteiger partial charge on any atom is -0.508 e. The van der Waals surface area contributed by atoms with Crippen molar-refractivity contribution in [1.82, 2.24) is 0 Å². The highest BCUT2D eigenvalue weighted by Gasteiger charge is 2.18. The molecular formula is C14H10O3. The number of ether oxygens (including phenoxy) is 1. The molecule has 0 fully saturated rings. The zero-order chi connectivity index (χ0) is 11.8. The van der Waals surface area contributed by atoms with Crippen molar-refractivity contribution < 1.29 is 14.9 Å². The number of phenols is 1. The maximum atomic E-state index is 9.90. The molecule has 0 aromatic heterocycles. The van der Waals surface area contributed by atoms with Crippen LogP contribution < -0.4 is 4.74 Å². The van der Waals surface area contributed by atoms with Crippen LogP contribution in [0.3, 0.4) is 0 Å². The molecule has 3 nitrogen and oxygen atoms in total. The smallest absolute Gasteiger partial charge is 0.142 e. The molecule has 17 heavy (non-hydrogen) atoms. The second kappa shape index (κ2) is 3.56. The van der Waals surface area contributed by atoms with Crippen LogP contribution in [0.2, 0.25) is 0 Å². The summed E-state index contributed by atoms with van der Waals surface area (Å²) in [5, 5.41) is 19.3. The molecule has 84 valence electrons. The van der Waals surface area contributed by atoms with Gasteiger partial charge in [-0.1, -0.05) is 24.3 Å². The Morgan fingerprint density at radius 1 is 1.00 bits per heavy atom. The van der Waals surface area contributed by atoms with Gasteiger partial charge < -0.3 is 14.9 Å². The summed E-state index contributed by atoms with van der Waals surface area (Å²) in [5.41, 5.74) is 1.48. The van der Waals surface area contributed by atoms with E-state index in [2.05, 4.69) is 0 Å². The Balaban J connectivity index is 2.13. The molecule has 1 aliphatic carbocycles. The van der Waals surface area contributed by atoms with Crippen LogP contribution in [0.4, 0.5) is 0 Å². The molecule has 1 aromatic carbocycles. The lowest BCUT2D eigenvalue weighted by Crippen LogP contribution is -2.04. The highest BCUT2D eigenvalue weighted by molar-refractivity contribution is 5.71. The first kappa shape index (κ1) is 9.78. The predicted molar refractivity (Wildman–Crippen MR) is 64.6 cm³/mol. The Bertz CT molecular complexity index is 590. The quantitative estimate of drug-likeness (QED) is 0.714. The van der Waals surface area contributed by atoms with Crippen LogP contribution in [0.1, 0.15) is 5.56 Å². The van der Waals surface area contributed by atoms with Crippen LogP contribution in [-0.4, -0.2) is 10.2 Å². The minimum absolute atomic E-state index is 0.111. The van der Waals surface area contributed by atoms with Crippen LogP contribution >= 0.6 is 0 Å². The van der Waals surface area contributed by atoms with Crippen molar-refractivity contribution in [2.24, 2.45) is 0 Å². The van der Waals surface area contributed by atoms with Crippen LogP contribution in [0, 0.1) is 0 Å². The third kappa shape index (κ3) is 1.61. The molecule has 0 amide bonds. The first-order valence-electron chi connectivity index (χ1n) is 5.25. The van der Waals surface area contributed by atoms with Crippen molar-refractivity contribution >= 4 is 5.76 Å². The lowest BCUT2D eigenvalue weighted by atomic mass is 10.1. The fraction of sp³-hybridized carbons (Fsp3) is 0. The van der Waals surface area contributed by atoms with Gasteiger partial charge in [-0.15, -0.1) is 0 Å². The van der Waals surface area contributed by atoms with Gasteiger partial charge in [-0.05, 0) is 12.1 Å². The van der Waals surface area contributed by atoms with Gasteiger partial charge in [0.25, 0.3) is 0 Å². The lowest BCUT2D eigenvalue weighted by Gasteiger charge is -2.18. The summed E-state index contributed by atoms with van der Waals surface area (Å²) in [6.07, 6.45) is 9.16. The molecule has 2 aliphatic rings. The number of aliphatic hydroxyl groups excluding tert-OH is 1. The van der Waals surface area contributed by atoms with Gasteiger partial charge in [-0.25, -0.2) is 0 Å². The number of allylic oxidation sites excluding steroid dienone is 6. The van der Waals surface area contributed by atoms with Crippen LogP contribution in [0.15, 0.2) is 59.9 Å². The molecule has 0 unspecified atom stereocenters. The Morgan fingerprint density at radius 3 is 2.53 bits per heavy atom. The van der Waals surface area contributed by atoms with Crippen molar-refractivity contribution in [2.75, 3.05) is 0 Å². The third-order valence-corrected chi connectivity index (χ3v) is 2.68. The Kier molecular flexibility index (Phi) is 2.05. The molecule has 0 saturated carbocycles. The van der Waals surface area contributed by atoms with Gasteiger partial charge in [0.2, 0.25) is 0 Å². The number of fused-ring (bicyclic) bond motifs is 1. The highest BCUT2D eigenvalue weighted by atomic mass is 16.5. The molecule has 0 spiro atoms. The number of aromatic hydroxyl groups is 1. The van der Waals surface area contributed by atoms with E-state index in [4.69, 9.17) is 4.74 Å². The Hall–Kier alpha value is -2.42. The van der Waals surface area contributed by atoms with Crippen molar-refractivity contribution in [2.45, 2.75) is 0 Å². The van der Waals surface area contributed by atoms with Gasteiger partial charge in [-0.2, -0.15) is 0 Å². The van der Waals surface area contributed by atoms with Gasteiger partial charge in [0.05, 0.1) is 5.56 Å². The van der Waals surface area contributed by atoms with Gasteiger partial charge in [0.1, 0.15) is 23.0 Å². The zero-order valence-electron chi connectivity index (χ0n) is 8.92. The van der Waals surface area contributed by atoms with Crippen molar-refractivity contribution in [3.05, 3.63) is 65.5 Å². The first-order valence-corrected chi connectivity index (χ1v) is 5.25. The number of rotatable bonds is 0. The lowest BCUT2D eigenvalue weighted by molar-refractivity contribution is 0.409. The topological polar surface area (TPSA) is 49.7 Å². The van der Waals surface area contributed by atoms with Gasteiger partial charge in [-0.3, -0.25) is 0 Å². The summed E-state index contributed by atoms with van der Waals surface area (Å²) in [7, 11) is 0. The van der Waals surface area contributed by atoms with Crippen molar-refractivity contribution in [3.63, 3.8) is 0 Å². The maximum absolute atomic E-state index is 9.90. The number of aliphatic hydroxyl groups is 1. The van der Waals surface area contributed by atoms with E-state index in [1.165, 1.54) is 12.1 Å². The Labute approximate surface area is 98.3 Å². The van der Waals surface area contributed by atoms with Gasteiger partial charge in [0.15, 0.2) is 0 Å². The number of hydrogen-bond acceptors (Lipinski definition) is 3. The van der Waals surface area contributed by atoms with E-state index in [1.54, 1.807) is 12.1 Å². The molecule has 1 heterocycles. The zero-order valence-corrected chi connectivity index (χ0v) is 8.92. The average molecular weight is 226 g/mol. The predicted octanol–water partition coefficient (Wildman–Crippen LogP) is 3.06. The number of benzene rings is 1. The normalized spacial score (nSPS) is 16.8. The fourth-order valence-corrected chi connectivity index (χ4v) is 1.84. The summed E-state index contributed by atoms with van der Waals surface area (Å²) in [6.45, 7) is 0. The van der Waals surface area contributed by atoms with E-state index in [0.29, 0.717) is 17.1 Å². The summed E-state index contributed by atoms with van der Waals surface area (Å²) in [5.74, 6) is 1.29. The maximum Gasteiger partial charge on any atom is 0.142 e. The molecule has 0 bridgehead atoms. The monoisotopic (exact) mass is 226 g/mol. The van der Waals surface area contributed by atoms with E-state index >= 15 is 0 Å². The summed E-state index contributed by atoms with van der Waals surface area (Å²) in [4.78, 5) is 0. The van der Waals surface area contributed by atoms with Crippen LogP contribution in [-0.2, 0) is 0 Å². The summed E-state index contributed by atoms with van der Waals surface area (Å²) >= 11 is 0. The molecule has 1 aliphatic heterocycles. The molecule has 0 saturated heterocycles. The van der Waals surface area contributed by atoms with Crippen LogP contribution in [0.25, 0.3) is 5.76 Å². The molecule has 3 rings (SSSR count). The van der Waals surface area contributed by atoms with Gasteiger partial charge in [0, 0.05) is 17.7 Å². The number of hydrogen-bond donors (Lipinski definition) is 2. The molecular weight excluding hydrogens is 216 g/mol. The highest BCUT2D eigenvalue weighted by Crippen LogP contribution is 2.35. The summed E-state index contributed by atoms with van der Waals surface area (Å²) < 4.78 is 5.65. The molecule has 1 aromatic rings. The SMILES string of the molecule is OC1=CC(=C2C=CC=C2)Oc2cc(O)ccc21. The minimum atomic E-state index is 0.111. The second-order valence-electron chi connectivity index (χ2n) is 3.85. The summed E-state index contributed by atoms with van der Waals surface area (Å²) in [6, 6.07) is 4.62. The average Bonchev–Trinajstić information content (AvgIpc) is 2.81. The van der Waals surface area contributed by atoms with E-state index in [1.807, 2.05) is 24.3 Å². The Morgan fingerprint density at radius 2 is 1.76 bits per heavy atom. The molecule has 0 radical (unpaired) electrons. The molecule has 0 atom stereocenters. The molecule has 2 N–H and O–H groups in total. The second-order valence-corrected chi connectivity index (χ2v) is 3.85. The van der Waals surface area contributed by atoms with Crippen molar-refractivity contribution in [1.29, 1.82) is 0 Å². The van der Waals surface area contributed by atoms with Crippen molar-refractivity contribution in [3.8, 4) is 11.5 Å².